The van der Waals surface area contributed by atoms with Gasteiger partial charge in [0.05, 0.1) is 12.3 Å². The van der Waals surface area contributed by atoms with Gasteiger partial charge in [0, 0.05) is 17.7 Å². The number of rotatable bonds is 1. The maximum Gasteiger partial charge on any atom is 0.152 e. The standard InChI is InChI=1S/C9H6N2O/c10-5-1-2-8-3-4-9(7-12)11-6-8/h3-4,6,12H,7H2. The number of hydrogen-bond acceptors (Lipinski definition) is 3. The van der Waals surface area contributed by atoms with Crippen LogP contribution in [0.1, 0.15) is 11.3 Å². The van der Waals surface area contributed by atoms with Gasteiger partial charge in [-0.25, -0.2) is 0 Å². The molecule has 0 amide bonds. The van der Waals surface area contributed by atoms with E-state index < -0.39 is 0 Å². The third kappa shape index (κ3) is 2.09. The normalized spacial score (nSPS) is 8.00. The van der Waals surface area contributed by atoms with Gasteiger partial charge in [-0.1, -0.05) is 0 Å². The van der Waals surface area contributed by atoms with Crippen LogP contribution in [-0.2, 0) is 6.61 Å². The van der Waals surface area contributed by atoms with Gasteiger partial charge in [-0.05, 0) is 18.1 Å². The Kier molecular flexibility index (Phi) is 2.84. The largest absolute Gasteiger partial charge is 0.390 e. The lowest BCUT2D eigenvalue weighted by atomic mass is 10.2. The van der Waals surface area contributed by atoms with E-state index in [1.807, 2.05) is 0 Å². The predicted molar refractivity (Wildman–Crippen MR) is 42.7 cm³/mol. The molecule has 12 heavy (non-hydrogen) atoms. The van der Waals surface area contributed by atoms with Crippen molar-refractivity contribution in [1.82, 2.24) is 4.98 Å². The van der Waals surface area contributed by atoms with Crippen LogP contribution in [0.15, 0.2) is 18.3 Å². The summed E-state index contributed by atoms with van der Waals surface area (Å²) in [4.78, 5) is 3.89. The summed E-state index contributed by atoms with van der Waals surface area (Å²) in [6, 6.07) is 5.09. The molecular weight excluding hydrogens is 152 g/mol. The van der Waals surface area contributed by atoms with E-state index in [9.17, 15) is 0 Å². The molecule has 0 aliphatic heterocycles. The molecular formula is C9H6N2O. The molecule has 1 rings (SSSR count). The number of nitriles is 1. The Balaban J connectivity index is 2.87. The van der Waals surface area contributed by atoms with Crippen molar-refractivity contribution in [2.45, 2.75) is 6.61 Å². The molecule has 1 aromatic heterocycles. The Labute approximate surface area is 70.3 Å². The van der Waals surface area contributed by atoms with Crippen molar-refractivity contribution in [2.75, 3.05) is 0 Å². The second-order valence-electron chi connectivity index (χ2n) is 2.06. The van der Waals surface area contributed by atoms with Gasteiger partial charge in [0.25, 0.3) is 0 Å². The van der Waals surface area contributed by atoms with E-state index in [2.05, 4.69) is 16.8 Å². The highest BCUT2D eigenvalue weighted by Crippen LogP contribution is 1.97. The minimum absolute atomic E-state index is 0.0774. The highest BCUT2D eigenvalue weighted by molar-refractivity contribution is 5.36. The van der Waals surface area contributed by atoms with Crippen LogP contribution in [0.4, 0.5) is 0 Å². The Morgan fingerprint density at radius 2 is 2.33 bits per heavy atom. The first kappa shape index (κ1) is 8.26. The number of aromatic nitrogens is 1. The zero-order chi connectivity index (χ0) is 8.81. The van der Waals surface area contributed by atoms with Crippen molar-refractivity contribution in [3.8, 4) is 17.9 Å². The summed E-state index contributed by atoms with van der Waals surface area (Å²) in [5.74, 6) is 4.85. The summed E-state index contributed by atoms with van der Waals surface area (Å²) in [7, 11) is 0. The molecule has 1 N–H and O–H groups in total. The molecule has 0 bridgehead atoms. The first-order chi connectivity index (χ1) is 5.86. The third-order valence-corrected chi connectivity index (χ3v) is 1.25. The second-order valence-corrected chi connectivity index (χ2v) is 2.06. The van der Waals surface area contributed by atoms with Crippen LogP contribution in [0.5, 0.6) is 0 Å². The van der Waals surface area contributed by atoms with Gasteiger partial charge in [-0.2, -0.15) is 5.26 Å². The molecule has 0 atom stereocenters. The van der Waals surface area contributed by atoms with E-state index in [4.69, 9.17) is 10.4 Å². The second kappa shape index (κ2) is 4.12. The topological polar surface area (TPSA) is 56.9 Å². The number of aliphatic hydroxyl groups is 1. The number of aliphatic hydroxyl groups excluding tert-OH is 1. The summed E-state index contributed by atoms with van der Waals surface area (Å²) in [5, 5.41) is 16.8. The smallest absolute Gasteiger partial charge is 0.152 e. The van der Waals surface area contributed by atoms with E-state index >= 15 is 0 Å². The maximum absolute atomic E-state index is 8.65. The van der Waals surface area contributed by atoms with E-state index in [1.165, 1.54) is 6.20 Å². The molecule has 0 fully saturated rings. The Hall–Kier alpha value is -1.84. The summed E-state index contributed by atoms with van der Waals surface area (Å²) < 4.78 is 0. The summed E-state index contributed by atoms with van der Waals surface area (Å²) in [6.07, 6.45) is 1.52. The highest BCUT2D eigenvalue weighted by Gasteiger charge is 1.90. The van der Waals surface area contributed by atoms with Crippen molar-refractivity contribution < 1.29 is 5.11 Å². The van der Waals surface area contributed by atoms with Gasteiger partial charge in [0.2, 0.25) is 0 Å². The van der Waals surface area contributed by atoms with Gasteiger partial charge in [0.15, 0.2) is 6.07 Å². The molecule has 0 radical (unpaired) electrons. The van der Waals surface area contributed by atoms with E-state index in [0.717, 1.165) is 0 Å². The summed E-state index contributed by atoms with van der Waals surface area (Å²) >= 11 is 0. The van der Waals surface area contributed by atoms with Crippen molar-refractivity contribution in [3.05, 3.63) is 29.6 Å². The maximum atomic E-state index is 8.65. The monoisotopic (exact) mass is 158 g/mol. The Bertz CT molecular complexity index is 351. The lowest BCUT2D eigenvalue weighted by Crippen LogP contribution is -1.87. The van der Waals surface area contributed by atoms with Crippen molar-refractivity contribution in [2.24, 2.45) is 0 Å². The lowest BCUT2D eigenvalue weighted by Gasteiger charge is -1.92. The van der Waals surface area contributed by atoms with Crippen LogP contribution >= 0.6 is 0 Å². The van der Waals surface area contributed by atoms with Gasteiger partial charge in [0.1, 0.15) is 0 Å². The molecule has 0 aliphatic rings. The molecule has 0 aromatic carbocycles. The highest BCUT2D eigenvalue weighted by atomic mass is 16.3. The lowest BCUT2D eigenvalue weighted by molar-refractivity contribution is 0.277. The predicted octanol–water partition coefficient (Wildman–Crippen LogP) is 0.449. The van der Waals surface area contributed by atoms with Gasteiger partial charge in [-0.3, -0.25) is 4.98 Å². The average molecular weight is 158 g/mol. The third-order valence-electron chi connectivity index (χ3n) is 1.25. The van der Waals surface area contributed by atoms with Crippen molar-refractivity contribution in [3.63, 3.8) is 0 Å². The van der Waals surface area contributed by atoms with Gasteiger partial charge >= 0.3 is 0 Å². The molecule has 0 unspecified atom stereocenters. The number of nitrogens with zero attached hydrogens (tertiary/aromatic N) is 2. The first-order valence-electron chi connectivity index (χ1n) is 3.32. The molecule has 1 heterocycles. The Morgan fingerprint density at radius 3 is 2.83 bits per heavy atom. The number of hydrogen-bond donors (Lipinski definition) is 1. The van der Waals surface area contributed by atoms with E-state index in [1.54, 1.807) is 18.2 Å². The van der Waals surface area contributed by atoms with Crippen LogP contribution in [0, 0.1) is 23.2 Å². The molecule has 1 aromatic rings. The van der Waals surface area contributed by atoms with Gasteiger partial charge in [-0.15, -0.1) is 0 Å². The molecule has 0 saturated carbocycles. The molecule has 0 aliphatic carbocycles. The van der Waals surface area contributed by atoms with Crippen LogP contribution in [0.3, 0.4) is 0 Å². The van der Waals surface area contributed by atoms with Crippen molar-refractivity contribution in [1.29, 1.82) is 5.26 Å². The average Bonchev–Trinajstić information content (AvgIpc) is 2.15. The SMILES string of the molecule is N#CC#Cc1ccc(CO)nc1. The zero-order valence-electron chi connectivity index (χ0n) is 6.28. The summed E-state index contributed by atoms with van der Waals surface area (Å²) in [6.45, 7) is -0.0774. The minimum Gasteiger partial charge on any atom is -0.390 e. The quantitative estimate of drug-likeness (QED) is 0.603. The van der Waals surface area contributed by atoms with Crippen LogP contribution in [-0.4, -0.2) is 10.1 Å². The molecule has 3 heteroatoms. The fourth-order valence-electron chi connectivity index (χ4n) is 0.692. The Morgan fingerprint density at radius 1 is 1.50 bits per heavy atom. The molecule has 0 saturated heterocycles. The van der Waals surface area contributed by atoms with E-state index in [0.29, 0.717) is 11.3 Å². The van der Waals surface area contributed by atoms with Crippen molar-refractivity contribution >= 4 is 0 Å². The van der Waals surface area contributed by atoms with Gasteiger partial charge < -0.3 is 5.11 Å². The van der Waals surface area contributed by atoms with Crippen LogP contribution in [0.2, 0.25) is 0 Å². The van der Waals surface area contributed by atoms with E-state index in [-0.39, 0.29) is 6.61 Å². The fraction of sp³-hybridized carbons (Fsp3) is 0.111. The molecule has 0 spiro atoms. The number of pyridine rings is 1. The first-order valence-corrected chi connectivity index (χ1v) is 3.32. The molecule has 3 nitrogen and oxygen atoms in total. The van der Waals surface area contributed by atoms with Crippen LogP contribution in [0.25, 0.3) is 0 Å². The fourth-order valence-corrected chi connectivity index (χ4v) is 0.692. The molecule has 58 valence electrons. The van der Waals surface area contributed by atoms with Crippen LogP contribution < -0.4 is 0 Å². The summed E-state index contributed by atoms with van der Waals surface area (Å²) in [5.41, 5.74) is 1.27. The zero-order valence-corrected chi connectivity index (χ0v) is 6.28. The minimum atomic E-state index is -0.0774.